The number of amides is 1. The number of hydrogen-bond acceptors (Lipinski definition) is 2. The van der Waals surface area contributed by atoms with E-state index in [9.17, 15) is 4.79 Å². The van der Waals surface area contributed by atoms with E-state index in [2.05, 4.69) is 16.3 Å². The van der Waals surface area contributed by atoms with E-state index >= 15 is 0 Å². The van der Waals surface area contributed by atoms with E-state index < -0.39 is 0 Å². The van der Waals surface area contributed by atoms with Gasteiger partial charge in [0.25, 0.3) is 5.91 Å². The number of nitrogens with zero attached hydrogens (tertiary/aromatic N) is 1. The summed E-state index contributed by atoms with van der Waals surface area (Å²) in [6.45, 7) is 0.854. The highest BCUT2D eigenvalue weighted by Gasteiger charge is 2.30. The van der Waals surface area contributed by atoms with Gasteiger partial charge in [0.15, 0.2) is 0 Å². The summed E-state index contributed by atoms with van der Waals surface area (Å²) in [7, 11) is 0. The van der Waals surface area contributed by atoms with Crippen molar-refractivity contribution in [3.8, 4) is 0 Å². The van der Waals surface area contributed by atoms with Gasteiger partial charge >= 0.3 is 0 Å². The summed E-state index contributed by atoms with van der Waals surface area (Å²) in [4.78, 5) is 14.7. The molecule has 1 aliphatic rings. The fourth-order valence-electron chi connectivity index (χ4n) is 4.11. The Labute approximate surface area is 203 Å². The molecule has 1 saturated heterocycles. The molecule has 2 unspecified atom stereocenters. The predicted molar refractivity (Wildman–Crippen MR) is 134 cm³/mol. The lowest BCUT2D eigenvalue weighted by Gasteiger charge is -2.41. The molecule has 6 heteroatoms. The number of piperidine rings is 1. The third-order valence-electron chi connectivity index (χ3n) is 5.74. The van der Waals surface area contributed by atoms with Gasteiger partial charge in [-0.1, -0.05) is 65.1 Å². The summed E-state index contributed by atoms with van der Waals surface area (Å²) >= 11 is 18.8. The third kappa shape index (κ3) is 5.47. The zero-order chi connectivity index (χ0) is 22.5. The van der Waals surface area contributed by atoms with Crippen LogP contribution in [0.4, 0.5) is 5.69 Å². The SMILES string of the molecule is O=C(NC=CC1CCN(c2ccc(Cl)cc2)C(c2ccc(Cl)cc2Cl)C1)c1ccccc1. The molecular formula is C26H23Cl3N2O. The van der Waals surface area contributed by atoms with E-state index in [0.717, 1.165) is 30.6 Å². The minimum atomic E-state index is -0.113. The zero-order valence-corrected chi connectivity index (χ0v) is 19.6. The first-order valence-electron chi connectivity index (χ1n) is 10.5. The monoisotopic (exact) mass is 484 g/mol. The lowest BCUT2D eigenvalue weighted by Crippen LogP contribution is -2.36. The molecule has 3 nitrogen and oxygen atoms in total. The van der Waals surface area contributed by atoms with Crippen molar-refractivity contribution in [3.05, 3.63) is 111 Å². The first-order valence-corrected chi connectivity index (χ1v) is 11.6. The molecule has 0 spiro atoms. The molecule has 1 fully saturated rings. The van der Waals surface area contributed by atoms with Crippen LogP contribution in [0.3, 0.4) is 0 Å². The summed E-state index contributed by atoms with van der Waals surface area (Å²) < 4.78 is 0. The Morgan fingerprint density at radius 1 is 0.938 bits per heavy atom. The van der Waals surface area contributed by atoms with E-state index in [-0.39, 0.29) is 11.9 Å². The van der Waals surface area contributed by atoms with Crippen molar-refractivity contribution in [1.82, 2.24) is 5.32 Å². The molecule has 2 atom stereocenters. The first kappa shape index (κ1) is 22.7. The molecule has 0 aromatic heterocycles. The van der Waals surface area contributed by atoms with Crippen LogP contribution in [-0.4, -0.2) is 12.5 Å². The lowest BCUT2D eigenvalue weighted by molar-refractivity contribution is 0.0970. The van der Waals surface area contributed by atoms with Gasteiger partial charge in [-0.15, -0.1) is 0 Å². The van der Waals surface area contributed by atoms with Crippen LogP contribution in [0.25, 0.3) is 0 Å². The lowest BCUT2D eigenvalue weighted by atomic mass is 9.86. The summed E-state index contributed by atoms with van der Waals surface area (Å²) in [6, 6.07) is 22.8. The summed E-state index contributed by atoms with van der Waals surface area (Å²) in [5.74, 6) is 0.184. The number of carbonyl (C=O) groups is 1. The number of carbonyl (C=O) groups excluding carboxylic acids is 1. The molecule has 0 radical (unpaired) electrons. The van der Waals surface area contributed by atoms with Crippen LogP contribution in [-0.2, 0) is 0 Å². The number of halogens is 3. The zero-order valence-electron chi connectivity index (χ0n) is 17.3. The summed E-state index contributed by atoms with van der Waals surface area (Å²) in [5.41, 5.74) is 2.78. The second kappa shape index (κ2) is 10.4. The second-order valence-electron chi connectivity index (χ2n) is 7.83. The van der Waals surface area contributed by atoms with Crippen LogP contribution in [0.5, 0.6) is 0 Å². The highest BCUT2D eigenvalue weighted by atomic mass is 35.5. The molecule has 0 saturated carbocycles. The molecule has 164 valence electrons. The van der Waals surface area contributed by atoms with Crippen LogP contribution >= 0.6 is 34.8 Å². The van der Waals surface area contributed by atoms with E-state index in [4.69, 9.17) is 34.8 Å². The fraction of sp³-hybridized carbons (Fsp3) is 0.192. The van der Waals surface area contributed by atoms with Gasteiger partial charge < -0.3 is 10.2 Å². The Morgan fingerprint density at radius 3 is 2.38 bits per heavy atom. The summed E-state index contributed by atoms with van der Waals surface area (Å²) in [6.07, 6.45) is 5.67. The Balaban J connectivity index is 1.53. The molecular weight excluding hydrogens is 463 g/mol. The van der Waals surface area contributed by atoms with Gasteiger partial charge in [0.1, 0.15) is 0 Å². The van der Waals surface area contributed by atoms with Crippen molar-refractivity contribution in [1.29, 1.82) is 0 Å². The number of rotatable bonds is 5. The van der Waals surface area contributed by atoms with Gasteiger partial charge in [-0.3, -0.25) is 4.79 Å². The van der Waals surface area contributed by atoms with Crippen LogP contribution < -0.4 is 10.2 Å². The molecule has 4 rings (SSSR count). The van der Waals surface area contributed by atoms with E-state index in [1.54, 1.807) is 24.4 Å². The normalized spacial score (nSPS) is 18.7. The second-order valence-corrected chi connectivity index (χ2v) is 9.11. The van der Waals surface area contributed by atoms with Gasteiger partial charge in [0.2, 0.25) is 0 Å². The number of benzene rings is 3. The van der Waals surface area contributed by atoms with Gasteiger partial charge in [-0.05, 0) is 72.9 Å². The van der Waals surface area contributed by atoms with Gasteiger partial charge in [0, 0.05) is 39.1 Å². The standard InChI is InChI=1S/C26H23Cl3N2O/c27-20-6-9-22(10-7-20)31-15-13-18(12-14-30-26(32)19-4-2-1-3-5-19)16-25(31)23-11-8-21(28)17-24(23)29/h1-12,14,17-18,25H,13,15-16H2,(H,30,32). The van der Waals surface area contributed by atoms with Crippen molar-refractivity contribution in [2.24, 2.45) is 5.92 Å². The van der Waals surface area contributed by atoms with E-state index in [1.807, 2.05) is 54.6 Å². The Bertz CT molecular complexity index is 1100. The maximum absolute atomic E-state index is 12.3. The minimum Gasteiger partial charge on any atom is -0.364 e. The highest BCUT2D eigenvalue weighted by Crippen LogP contribution is 2.41. The number of nitrogens with one attached hydrogen (secondary N) is 1. The van der Waals surface area contributed by atoms with Gasteiger partial charge in [-0.25, -0.2) is 0 Å². The maximum Gasteiger partial charge on any atom is 0.255 e. The number of allylic oxidation sites excluding steroid dienone is 1. The number of anilines is 1. The van der Waals surface area contributed by atoms with Gasteiger partial charge in [0.05, 0.1) is 6.04 Å². The largest absolute Gasteiger partial charge is 0.364 e. The quantitative estimate of drug-likeness (QED) is 0.404. The molecule has 1 amide bonds. The molecule has 0 bridgehead atoms. The van der Waals surface area contributed by atoms with Crippen LogP contribution in [0, 0.1) is 5.92 Å². The number of hydrogen-bond donors (Lipinski definition) is 1. The van der Waals surface area contributed by atoms with Crippen molar-refractivity contribution in [3.63, 3.8) is 0 Å². The highest BCUT2D eigenvalue weighted by molar-refractivity contribution is 6.35. The Kier molecular flexibility index (Phi) is 7.41. The van der Waals surface area contributed by atoms with Crippen LogP contribution in [0.1, 0.15) is 34.8 Å². The predicted octanol–water partition coefficient (Wildman–Crippen LogP) is 7.55. The Morgan fingerprint density at radius 2 is 1.66 bits per heavy atom. The van der Waals surface area contributed by atoms with Gasteiger partial charge in [-0.2, -0.15) is 0 Å². The van der Waals surface area contributed by atoms with E-state index in [1.165, 1.54) is 0 Å². The average Bonchev–Trinajstić information content (AvgIpc) is 2.80. The molecule has 3 aromatic carbocycles. The van der Waals surface area contributed by atoms with Crippen molar-refractivity contribution >= 4 is 46.4 Å². The fourth-order valence-corrected chi connectivity index (χ4v) is 4.77. The van der Waals surface area contributed by atoms with E-state index in [0.29, 0.717) is 26.5 Å². The molecule has 3 aromatic rings. The van der Waals surface area contributed by atoms with Crippen molar-refractivity contribution in [2.45, 2.75) is 18.9 Å². The topological polar surface area (TPSA) is 32.3 Å². The molecule has 0 aliphatic carbocycles. The molecule has 1 heterocycles. The Hall–Kier alpha value is -2.46. The maximum atomic E-state index is 12.3. The molecule has 1 N–H and O–H groups in total. The first-order chi connectivity index (χ1) is 15.5. The van der Waals surface area contributed by atoms with Crippen molar-refractivity contribution < 1.29 is 4.79 Å². The van der Waals surface area contributed by atoms with Crippen molar-refractivity contribution in [2.75, 3.05) is 11.4 Å². The molecule has 32 heavy (non-hydrogen) atoms. The smallest absolute Gasteiger partial charge is 0.255 e. The third-order valence-corrected chi connectivity index (χ3v) is 6.56. The van der Waals surface area contributed by atoms with Crippen LogP contribution in [0.15, 0.2) is 85.1 Å². The summed E-state index contributed by atoms with van der Waals surface area (Å²) in [5, 5.41) is 4.86. The average molecular weight is 486 g/mol. The van der Waals surface area contributed by atoms with Crippen LogP contribution in [0.2, 0.25) is 15.1 Å². The minimum absolute atomic E-state index is 0.0779. The molecule has 1 aliphatic heterocycles.